The highest BCUT2D eigenvalue weighted by Gasteiger charge is 2.13. The first-order valence-corrected chi connectivity index (χ1v) is 5.06. The highest BCUT2D eigenvalue weighted by Crippen LogP contribution is 2.13. The predicted molar refractivity (Wildman–Crippen MR) is 61.7 cm³/mol. The lowest BCUT2D eigenvalue weighted by Gasteiger charge is -2.04. The molecule has 1 N–H and O–H groups in total. The van der Waals surface area contributed by atoms with E-state index in [2.05, 4.69) is 10.4 Å². The highest BCUT2D eigenvalue weighted by atomic mass is 16.1. The number of hydrogen-bond donors (Lipinski definition) is 1. The molecular weight excluding hydrogens is 202 g/mol. The molecule has 2 rings (SSSR count). The molecule has 0 spiro atoms. The Kier molecular flexibility index (Phi) is 2.72. The molecule has 1 aromatic carbocycles. The normalized spacial score (nSPS) is 10.1. The minimum Gasteiger partial charge on any atom is -0.355 e. The van der Waals surface area contributed by atoms with Gasteiger partial charge in [0.2, 0.25) is 0 Å². The first-order chi connectivity index (χ1) is 7.74. The molecule has 16 heavy (non-hydrogen) atoms. The smallest absolute Gasteiger partial charge is 0.254 e. The van der Waals surface area contributed by atoms with Gasteiger partial charge in [-0.2, -0.15) is 5.10 Å². The Morgan fingerprint density at radius 1 is 1.31 bits per heavy atom. The van der Waals surface area contributed by atoms with Gasteiger partial charge in [-0.15, -0.1) is 0 Å². The van der Waals surface area contributed by atoms with E-state index >= 15 is 0 Å². The van der Waals surface area contributed by atoms with E-state index < -0.39 is 0 Å². The van der Waals surface area contributed by atoms with Crippen molar-refractivity contribution in [1.82, 2.24) is 15.1 Å². The molecular formula is C12H13N3O. The third-order valence-electron chi connectivity index (χ3n) is 2.48. The van der Waals surface area contributed by atoms with E-state index in [0.29, 0.717) is 5.56 Å². The van der Waals surface area contributed by atoms with Crippen molar-refractivity contribution in [3.8, 4) is 5.69 Å². The van der Waals surface area contributed by atoms with Crippen molar-refractivity contribution in [2.24, 2.45) is 0 Å². The molecule has 0 aliphatic carbocycles. The number of nitrogens with zero attached hydrogens (tertiary/aromatic N) is 2. The average Bonchev–Trinajstić information content (AvgIpc) is 2.71. The zero-order valence-corrected chi connectivity index (χ0v) is 9.27. The molecule has 2 aromatic rings. The Hall–Kier alpha value is -2.10. The summed E-state index contributed by atoms with van der Waals surface area (Å²) in [6.45, 7) is 1.88. The predicted octanol–water partition coefficient (Wildman–Crippen LogP) is 1.54. The maximum absolute atomic E-state index is 11.5. The fourth-order valence-corrected chi connectivity index (χ4v) is 1.60. The van der Waals surface area contributed by atoms with Gasteiger partial charge in [0, 0.05) is 7.05 Å². The zero-order valence-electron chi connectivity index (χ0n) is 9.27. The van der Waals surface area contributed by atoms with Crippen LogP contribution in [0.3, 0.4) is 0 Å². The van der Waals surface area contributed by atoms with Gasteiger partial charge < -0.3 is 5.32 Å². The van der Waals surface area contributed by atoms with Crippen LogP contribution in [0.25, 0.3) is 5.69 Å². The summed E-state index contributed by atoms with van der Waals surface area (Å²) in [5.41, 5.74) is 2.40. The molecule has 0 aliphatic heterocycles. The van der Waals surface area contributed by atoms with Crippen molar-refractivity contribution < 1.29 is 4.79 Å². The number of amides is 1. The molecule has 0 fully saturated rings. The van der Waals surface area contributed by atoms with Crippen LogP contribution in [-0.2, 0) is 0 Å². The van der Waals surface area contributed by atoms with E-state index in [9.17, 15) is 4.79 Å². The molecule has 0 radical (unpaired) electrons. The van der Waals surface area contributed by atoms with Crippen LogP contribution in [0.1, 0.15) is 16.1 Å². The summed E-state index contributed by atoms with van der Waals surface area (Å²) >= 11 is 0. The monoisotopic (exact) mass is 215 g/mol. The van der Waals surface area contributed by atoms with E-state index in [1.807, 2.05) is 37.3 Å². The zero-order chi connectivity index (χ0) is 11.5. The first-order valence-electron chi connectivity index (χ1n) is 5.06. The number of rotatable bonds is 2. The van der Waals surface area contributed by atoms with Crippen LogP contribution in [0.5, 0.6) is 0 Å². The van der Waals surface area contributed by atoms with Gasteiger partial charge >= 0.3 is 0 Å². The summed E-state index contributed by atoms with van der Waals surface area (Å²) in [7, 11) is 1.61. The number of para-hydroxylation sites is 1. The van der Waals surface area contributed by atoms with Crippen LogP contribution in [0, 0.1) is 6.92 Å². The Morgan fingerprint density at radius 2 is 2.00 bits per heavy atom. The van der Waals surface area contributed by atoms with Crippen LogP contribution in [0.4, 0.5) is 0 Å². The second-order valence-electron chi connectivity index (χ2n) is 3.47. The Balaban J connectivity index is 2.45. The van der Waals surface area contributed by atoms with Gasteiger partial charge in [0.25, 0.3) is 5.91 Å². The van der Waals surface area contributed by atoms with Gasteiger partial charge in [-0.1, -0.05) is 18.2 Å². The molecule has 1 aromatic heterocycles. The molecule has 4 nitrogen and oxygen atoms in total. The Bertz CT molecular complexity index is 502. The van der Waals surface area contributed by atoms with Crippen LogP contribution in [0.15, 0.2) is 36.5 Å². The second-order valence-corrected chi connectivity index (χ2v) is 3.47. The molecule has 4 heteroatoms. The summed E-state index contributed by atoms with van der Waals surface area (Å²) in [5, 5.41) is 6.81. The quantitative estimate of drug-likeness (QED) is 0.826. The molecule has 0 bridgehead atoms. The fourth-order valence-electron chi connectivity index (χ4n) is 1.60. The topological polar surface area (TPSA) is 46.9 Å². The van der Waals surface area contributed by atoms with Gasteiger partial charge in [-0.25, -0.2) is 4.68 Å². The van der Waals surface area contributed by atoms with Crippen molar-refractivity contribution in [2.75, 3.05) is 7.05 Å². The van der Waals surface area contributed by atoms with Crippen molar-refractivity contribution in [1.29, 1.82) is 0 Å². The number of hydrogen-bond acceptors (Lipinski definition) is 2. The lowest BCUT2D eigenvalue weighted by atomic mass is 10.2. The first kappa shape index (κ1) is 10.4. The van der Waals surface area contributed by atoms with Crippen LogP contribution in [-0.4, -0.2) is 22.7 Å². The summed E-state index contributed by atoms with van der Waals surface area (Å²) in [6, 6.07) is 9.73. The van der Waals surface area contributed by atoms with Crippen molar-refractivity contribution in [2.45, 2.75) is 6.92 Å². The lowest BCUT2D eigenvalue weighted by Crippen LogP contribution is -2.18. The van der Waals surface area contributed by atoms with E-state index in [4.69, 9.17) is 0 Å². The summed E-state index contributed by atoms with van der Waals surface area (Å²) in [5.74, 6) is -0.111. The minimum atomic E-state index is -0.111. The van der Waals surface area contributed by atoms with Gasteiger partial charge in [-0.05, 0) is 19.1 Å². The standard InChI is InChI=1S/C12H13N3O/c1-9-11(12(16)13-2)8-14-15(9)10-6-4-3-5-7-10/h3-8H,1-2H3,(H,13,16). The Labute approximate surface area is 93.9 Å². The van der Waals surface area contributed by atoms with Crippen molar-refractivity contribution in [3.05, 3.63) is 47.8 Å². The third kappa shape index (κ3) is 1.69. The third-order valence-corrected chi connectivity index (χ3v) is 2.48. The molecule has 0 saturated heterocycles. The number of aromatic nitrogens is 2. The second kappa shape index (κ2) is 4.18. The van der Waals surface area contributed by atoms with E-state index in [0.717, 1.165) is 11.4 Å². The molecule has 1 heterocycles. The molecule has 0 atom stereocenters. The average molecular weight is 215 g/mol. The van der Waals surface area contributed by atoms with E-state index in [1.54, 1.807) is 17.9 Å². The lowest BCUT2D eigenvalue weighted by molar-refractivity contribution is 0.0962. The van der Waals surface area contributed by atoms with Crippen LogP contribution < -0.4 is 5.32 Å². The molecule has 0 unspecified atom stereocenters. The van der Waals surface area contributed by atoms with Crippen LogP contribution in [0.2, 0.25) is 0 Å². The van der Waals surface area contributed by atoms with Gasteiger partial charge in [0.05, 0.1) is 23.1 Å². The molecule has 1 amide bonds. The van der Waals surface area contributed by atoms with E-state index in [-0.39, 0.29) is 5.91 Å². The summed E-state index contributed by atoms with van der Waals surface area (Å²) in [4.78, 5) is 11.5. The van der Waals surface area contributed by atoms with Crippen LogP contribution >= 0.6 is 0 Å². The molecule has 82 valence electrons. The van der Waals surface area contributed by atoms with Gasteiger partial charge in [-0.3, -0.25) is 4.79 Å². The van der Waals surface area contributed by atoms with Gasteiger partial charge in [0.1, 0.15) is 0 Å². The van der Waals surface area contributed by atoms with E-state index in [1.165, 1.54) is 0 Å². The number of benzene rings is 1. The molecule has 0 saturated carbocycles. The number of carbonyl (C=O) groups is 1. The minimum absolute atomic E-state index is 0.111. The maximum Gasteiger partial charge on any atom is 0.254 e. The maximum atomic E-state index is 11.5. The van der Waals surface area contributed by atoms with Crippen molar-refractivity contribution >= 4 is 5.91 Å². The number of nitrogens with one attached hydrogen (secondary N) is 1. The summed E-state index contributed by atoms with van der Waals surface area (Å²) < 4.78 is 1.75. The fraction of sp³-hybridized carbons (Fsp3) is 0.167. The highest BCUT2D eigenvalue weighted by molar-refractivity contribution is 5.94. The molecule has 0 aliphatic rings. The summed E-state index contributed by atoms with van der Waals surface area (Å²) in [6.07, 6.45) is 1.58. The number of carbonyl (C=O) groups excluding carboxylic acids is 1. The largest absolute Gasteiger partial charge is 0.355 e. The van der Waals surface area contributed by atoms with Gasteiger partial charge in [0.15, 0.2) is 0 Å². The SMILES string of the molecule is CNC(=O)c1cnn(-c2ccccc2)c1C. The van der Waals surface area contributed by atoms with Crippen molar-refractivity contribution in [3.63, 3.8) is 0 Å². The Morgan fingerprint density at radius 3 is 2.62 bits per heavy atom.